The highest BCUT2D eigenvalue weighted by Gasteiger charge is 2.37. The number of benzene rings is 3. The van der Waals surface area contributed by atoms with Crippen molar-refractivity contribution >= 4 is 35.8 Å². The van der Waals surface area contributed by atoms with Gasteiger partial charge in [0.05, 0.1) is 13.0 Å². The summed E-state index contributed by atoms with van der Waals surface area (Å²) >= 11 is 1.32. The summed E-state index contributed by atoms with van der Waals surface area (Å²) in [6.07, 6.45) is 0. The summed E-state index contributed by atoms with van der Waals surface area (Å²) in [6.45, 7) is 4.55. The minimum absolute atomic E-state index is 0.0138. The number of thioether (sulfide) groups is 1. The van der Waals surface area contributed by atoms with Crippen LogP contribution in [0.4, 0.5) is 5.69 Å². The standard InChI is InChI=1S/C22H21NO3SSi/c1-28(2,20-11-7-4-8-12-20)22(18-9-5-3-6-10-18)27-21(24)17-13-15-19(16-14-17)23(25)26/h3-16,22H,1-2H3. The Morgan fingerprint density at radius 3 is 1.96 bits per heavy atom. The molecule has 0 fully saturated rings. The van der Waals surface area contributed by atoms with E-state index in [0.29, 0.717) is 5.56 Å². The van der Waals surface area contributed by atoms with Crippen molar-refractivity contribution in [2.45, 2.75) is 18.0 Å². The number of nitro groups is 1. The first kappa shape index (κ1) is 20.0. The Kier molecular flexibility index (Phi) is 6.11. The van der Waals surface area contributed by atoms with Gasteiger partial charge in [-0.1, -0.05) is 90.7 Å². The Labute approximate surface area is 169 Å². The molecule has 0 N–H and O–H groups in total. The van der Waals surface area contributed by atoms with Gasteiger partial charge in [0.15, 0.2) is 0 Å². The van der Waals surface area contributed by atoms with E-state index in [0.717, 1.165) is 5.56 Å². The van der Waals surface area contributed by atoms with Gasteiger partial charge in [-0.15, -0.1) is 0 Å². The first-order valence-corrected chi connectivity index (χ1v) is 12.9. The molecule has 0 aliphatic carbocycles. The van der Waals surface area contributed by atoms with Gasteiger partial charge in [-0.05, 0) is 17.7 Å². The maximum absolute atomic E-state index is 13.0. The quantitative estimate of drug-likeness (QED) is 0.313. The first-order chi connectivity index (χ1) is 13.4. The highest BCUT2D eigenvalue weighted by molar-refractivity contribution is 8.15. The van der Waals surface area contributed by atoms with E-state index in [2.05, 4.69) is 37.4 Å². The fraction of sp³-hybridized carbons (Fsp3) is 0.136. The highest BCUT2D eigenvalue weighted by atomic mass is 32.2. The third kappa shape index (κ3) is 4.40. The molecule has 0 saturated carbocycles. The topological polar surface area (TPSA) is 60.2 Å². The summed E-state index contributed by atoms with van der Waals surface area (Å²) in [6, 6.07) is 26.3. The zero-order valence-corrected chi connectivity index (χ0v) is 17.6. The van der Waals surface area contributed by atoms with Gasteiger partial charge in [0.1, 0.15) is 0 Å². The molecule has 0 bridgehead atoms. The molecule has 0 spiro atoms. The van der Waals surface area contributed by atoms with Crippen LogP contribution in [0, 0.1) is 10.1 Å². The normalized spacial score (nSPS) is 12.4. The van der Waals surface area contributed by atoms with Crippen LogP contribution < -0.4 is 5.19 Å². The third-order valence-electron chi connectivity index (χ3n) is 4.81. The van der Waals surface area contributed by atoms with Crippen molar-refractivity contribution in [2.24, 2.45) is 0 Å². The van der Waals surface area contributed by atoms with Crippen molar-refractivity contribution in [2.75, 3.05) is 0 Å². The van der Waals surface area contributed by atoms with E-state index in [1.807, 2.05) is 36.4 Å². The van der Waals surface area contributed by atoms with Gasteiger partial charge in [0.25, 0.3) is 5.69 Å². The Morgan fingerprint density at radius 1 is 0.893 bits per heavy atom. The number of rotatable bonds is 6. The van der Waals surface area contributed by atoms with Crippen molar-refractivity contribution in [3.8, 4) is 0 Å². The van der Waals surface area contributed by atoms with E-state index in [1.54, 1.807) is 0 Å². The maximum Gasteiger partial charge on any atom is 0.269 e. The lowest BCUT2D eigenvalue weighted by molar-refractivity contribution is -0.384. The van der Waals surface area contributed by atoms with Crippen molar-refractivity contribution in [3.63, 3.8) is 0 Å². The molecule has 0 aliphatic rings. The molecule has 1 unspecified atom stereocenters. The van der Waals surface area contributed by atoms with Crippen LogP contribution in [-0.2, 0) is 0 Å². The largest absolute Gasteiger partial charge is 0.282 e. The average Bonchev–Trinajstić information content (AvgIpc) is 2.73. The molecule has 142 valence electrons. The number of carbonyl (C=O) groups is 1. The first-order valence-electron chi connectivity index (χ1n) is 8.95. The van der Waals surface area contributed by atoms with Gasteiger partial charge >= 0.3 is 0 Å². The highest BCUT2D eigenvalue weighted by Crippen LogP contribution is 2.39. The van der Waals surface area contributed by atoms with E-state index in [4.69, 9.17) is 0 Å². The minimum Gasteiger partial charge on any atom is -0.282 e. The van der Waals surface area contributed by atoms with Crippen LogP contribution in [0.5, 0.6) is 0 Å². The Bertz CT molecular complexity index is 960. The van der Waals surface area contributed by atoms with Crippen LogP contribution in [0.3, 0.4) is 0 Å². The molecule has 3 aromatic carbocycles. The Morgan fingerprint density at radius 2 is 1.43 bits per heavy atom. The summed E-state index contributed by atoms with van der Waals surface area (Å²) in [7, 11) is -2.04. The number of non-ortho nitro benzene ring substituents is 1. The van der Waals surface area contributed by atoms with E-state index in [-0.39, 0.29) is 15.7 Å². The number of nitrogens with zero attached hydrogens (tertiary/aromatic N) is 1. The molecule has 0 aromatic heterocycles. The molecule has 1 atom stereocenters. The lowest BCUT2D eigenvalue weighted by Crippen LogP contribution is -2.46. The lowest BCUT2D eigenvalue weighted by Gasteiger charge is -2.32. The van der Waals surface area contributed by atoms with Gasteiger partial charge in [0, 0.05) is 22.6 Å². The van der Waals surface area contributed by atoms with Crippen LogP contribution in [0.25, 0.3) is 0 Å². The number of nitro benzene ring substituents is 1. The van der Waals surface area contributed by atoms with Crippen LogP contribution in [0.15, 0.2) is 84.9 Å². The van der Waals surface area contributed by atoms with E-state index >= 15 is 0 Å². The predicted molar refractivity (Wildman–Crippen MR) is 118 cm³/mol. The summed E-state index contributed by atoms with van der Waals surface area (Å²) in [5.74, 6) is 0. The molecule has 3 rings (SSSR count). The molecule has 0 saturated heterocycles. The smallest absolute Gasteiger partial charge is 0.269 e. The average molecular weight is 408 g/mol. The molecule has 0 amide bonds. The van der Waals surface area contributed by atoms with Crippen LogP contribution in [0.1, 0.15) is 20.8 Å². The molecule has 6 heteroatoms. The summed E-state index contributed by atoms with van der Waals surface area (Å²) in [4.78, 5) is 23.4. The van der Waals surface area contributed by atoms with Gasteiger partial charge < -0.3 is 0 Å². The number of carbonyl (C=O) groups excluding carboxylic acids is 1. The van der Waals surface area contributed by atoms with Crippen molar-refractivity contribution in [1.29, 1.82) is 0 Å². The van der Waals surface area contributed by atoms with Crippen molar-refractivity contribution in [1.82, 2.24) is 0 Å². The predicted octanol–water partition coefficient (Wildman–Crippen LogP) is 5.36. The molecule has 3 aromatic rings. The zero-order chi connectivity index (χ0) is 20.1. The second-order valence-corrected chi connectivity index (χ2v) is 13.2. The molecule has 0 radical (unpaired) electrons. The van der Waals surface area contributed by atoms with Crippen LogP contribution in [-0.4, -0.2) is 18.1 Å². The van der Waals surface area contributed by atoms with E-state index in [1.165, 1.54) is 41.2 Å². The van der Waals surface area contributed by atoms with Gasteiger partial charge in [-0.3, -0.25) is 14.9 Å². The molecular formula is C22H21NO3SSi. The van der Waals surface area contributed by atoms with Gasteiger partial charge in [0.2, 0.25) is 5.12 Å². The second-order valence-electron chi connectivity index (χ2n) is 7.09. The summed E-state index contributed by atoms with van der Waals surface area (Å²) in [5.41, 5.74) is 1.60. The summed E-state index contributed by atoms with van der Waals surface area (Å²) < 4.78 is 0. The Hall–Kier alpha value is -2.70. The molecule has 0 aliphatic heterocycles. The van der Waals surface area contributed by atoms with Gasteiger partial charge in [-0.25, -0.2) is 0 Å². The van der Waals surface area contributed by atoms with Gasteiger partial charge in [-0.2, -0.15) is 0 Å². The third-order valence-corrected chi connectivity index (χ3v) is 11.4. The van der Waals surface area contributed by atoms with Crippen molar-refractivity contribution in [3.05, 3.63) is 106 Å². The molecule has 28 heavy (non-hydrogen) atoms. The monoisotopic (exact) mass is 407 g/mol. The summed E-state index contributed by atoms with van der Waals surface area (Å²) in [5, 5.41) is 12.1. The zero-order valence-electron chi connectivity index (χ0n) is 15.7. The number of hydrogen-bond acceptors (Lipinski definition) is 4. The van der Waals surface area contributed by atoms with E-state index < -0.39 is 13.0 Å². The molecular weight excluding hydrogens is 386 g/mol. The fourth-order valence-electron chi connectivity index (χ4n) is 3.17. The lowest BCUT2D eigenvalue weighted by atomic mass is 10.2. The van der Waals surface area contributed by atoms with E-state index in [9.17, 15) is 14.9 Å². The second kappa shape index (κ2) is 8.54. The molecule has 4 nitrogen and oxygen atoms in total. The van der Waals surface area contributed by atoms with Crippen LogP contribution in [0.2, 0.25) is 13.1 Å². The fourth-order valence-corrected chi connectivity index (χ4v) is 8.24. The van der Waals surface area contributed by atoms with Crippen LogP contribution >= 0.6 is 11.8 Å². The number of hydrogen-bond donors (Lipinski definition) is 0. The molecule has 0 heterocycles. The van der Waals surface area contributed by atoms with Crippen molar-refractivity contribution < 1.29 is 9.72 Å². The SMILES string of the molecule is C[Si](C)(c1ccccc1)C(SC(=O)c1ccc([N+](=O)[O-])cc1)c1ccccc1. The maximum atomic E-state index is 13.0. The Balaban J connectivity index is 1.94. The minimum atomic E-state index is -2.04.